The van der Waals surface area contributed by atoms with Crippen molar-refractivity contribution in [3.05, 3.63) is 48.6 Å². The van der Waals surface area contributed by atoms with Gasteiger partial charge in [0.05, 0.1) is 6.61 Å². The van der Waals surface area contributed by atoms with E-state index in [4.69, 9.17) is 0 Å². The average Bonchev–Trinajstić information content (AvgIpc) is 2.99. The largest absolute Gasteiger partial charge is 0.394 e. The number of likely N-dealkylation sites (N-methyl/N-ethyl adjacent to an activating group) is 1. The third-order valence-electron chi connectivity index (χ3n) is 8.93. The topological polar surface area (TPSA) is 23.5 Å². The molecule has 1 N–H and O–H groups in total. The van der Waals surface area contributed by atoms with Crippen LogP contribution in [-0.2, 0) is 0 Å². The van der Waals surface area contributed by atoms with Crippen LogP contribution in [0.1, 0.15) is 181 Å². The Hall–Kier alpha value is -1.12. The summed E-state index contributed by atoms with van der Waals surface area (Å²) in [6, 6.07) is 0. The lowest BCUT2D eigenvalue weighted by molar-refractivity contribution is 0.0478. The molecule has 0 saturated heterocycles. The number of hydrogen-bond acceptors (Lipinski definition) is 2. The molecule has 0 rings (SSSR count). The monoisotopic (exact) mass is 586 g/mol. The van der Waals surface area contributed by atoms with Gasteiger partial charge in [0.15, 0.2) is 0 Å². The van der Waals surface area contributed by atoms with Crippen LogP contribution < -0.4 is 0 Å². The number of unbranched alkanes of at least 4 members (excludes halogenated alkanes) is 18. The van der Waals surface area contributed by atoms with E-state index in [0.717, 1.165) is 25.7 Å². The smallest absolute Gasteiger partial charge is 0.0615 e. The summed E-state index contributed by atoms with van der Waals surface area (Å²) in [5.41, 5.74) is -0.0233. The number of allylic oxidation sites excluding steroid dienone is 8. The van der Waals surface area contributed by atoms with E-state index >= 15 is 0 Å². The minimum Gasteiger partial charge on any atom is -0.394 e. The van der Waals surface area contributed by atoms with Crippen molar-refractivity contribution in [1.29, 1.82) is 0 Å². The molecule has 0 fully saturated rings. The Morgan fingerprint density at radius 2 is 0.738 bits per heavy atom. The minimum absolute atomic E-state index is 0.0233. The number of rotatable bonds is 32. The third kappa shape index (κ3) is 26.5. The zero-order valence-electron chi connectivity index (χ0n) is 29.1. The van der Waals surface area contributed by atoms with Gasteiger partial charge in [0.2, 0.25) is 0 Å². The predicted octanol–water partition coefficient (Wildman–Crippen LogP) is 12.7. The van der Waals surface area contributed by atoms with Gasteiger partial charge in [-0.3, -0.25) is 0 Å². The maximum absolute atomic E-state index is 10.3. The highest BCUT2D eigenvalue weighted by molar-refractivity contribution is 4.93. The second-order valence-electron chi connectivity index (χ2n) is 12.9. The molecule has 0 amide bonds. The fraction of sp³-hybridized carbons (Fsp3) is 0.800. The van der Waals surface area contributed by atoms with Crippen LogP contribution in [0.4, 0.5) is 0 Å². The first-order chi connectivity index (χ1) is 20.6. The van der Waals surface area contributed by atoms with Crippen LogP contribution >= 0.6 is 0 Å². The molecule has 0 aliphatic carbocycles. The summed E-state index contributed by atoms with van der Waals surface area (Å²) in [6.45, 7) is 4.82. The molecule has 0 aliphatic heterocycles. The van der Waals surface area contributed by atoms with E-state index < -0.39 is 0 Å². The van der Waals surface area contributed by atoms with Crippen molar-refractivity contribution >= 4 is 0 Å². The number of aliphatic hydroxyl groups is 1. The highest BCUT2D eigenvalue weighted by atomic mass is 16.3. The van der Waals surface area contributed by atoms with E-state index in [0.29, 0.717) is 6.61 Å². The van der Waals surface area contributed by atoms with E-state index in [1.165, 1.54) is 141 Å². The first-order valence-corrected chi connectivity index (χ1v) is 18.5. The zero-order chi connectivity index (χ0) is 30.8. The average molecular weight is 586 g/mol. The first-order valence-electron chi connectivity index (χ1n) is 18.5. The molecule has 0 aliphatic rings. The number of nitrogens with zero attached hydrogens (tertiary/aromatic N) is 1. The van der Waals surface area contributed by atoms with Crippen LogP contribution in [0.25, 0.3) is 0 Å². The molecule has 246 valence electrons. The second-order valence-corrected chi connectivity index (χ2v) is 12.9. The van der Waals surface area contributed by atoms with E-state index in [1.807, 2.05) is 0 Å². The Bertz CT molecular complexity index is 596. The maximum atomic E-state index is 10.3. The van der Waals surface area contributed by atoms with Gasteiger partial charge >= 0.3 is 0 Å². The van der Waals surface area contributed by atoms with Crippen molar-refractivity contribution < 1.29 is 5.11 Å². The molecular weight excluding hydrogens is 510 g/mol. The van der Waals surface area contributed by atoms with Crippen molar-refractivity contribution in [3.63, 3.8) is 0 Å². The summed E-state index contributed by atoms with van der Waals surface area (Å²) >= 11 is 0. The van der Waals surface area contributed by atoms with Crippen molar-refractivity contribution in [1.82, 2.24) is 4.90 Å². The minimum atomic E-state index is -0.0233. The fourth-order valence-electron chi connectivity index (χ4n) is 5.76. The summed E-state index contributed by atoms with van der Waals surface area (Å²) in [4.78, 5) is 2.31. The first kappa shape index (κ1) is 40.9. The standard InChI is InChI=1S/C40H75NO/c1-5-7-9-11-13-15-17-19-21-23-25-27-29-31-33-35-37-40(39-42,41(3)4)38-36-34-32-30-28-26-24-22-20-18-16-14-12-10-8-6-2/h13-16,19-22,42H,5-12,17-18,23-39H2,1-4H3/b15-13-,16-14?,21-19-,22-20?. The van der Waals surface area contributed by atoms with Crippen LogP contribution in [0.15, 0.2) is 48.6 Å². The normalized spacial score (nSPS) is 14.0. The summed E-state index contributed by atoms with van der Waals surface area (Å²) < 4.78 is 0. The van der Waals surface area contributed by atoms with Crippen LogP contribution in [0.3, 0.4) is 0 Å². The third-order valence-corrected chi connectivity index (χ3v) is 8.93. The second kappa shape index (κ2) is 32.8. The van der Waals surface area contributed by atoms with Crippen LogP contribution in [0.5, 0.6) is 0 Å². The SMILES string of the molecule is CCCCCC=CCC=CCCCCCCCCC(CO)(CCCCCCCC/C=C\C/C=C\CCCCC)N(C)C. The van der Waals surface area contributed by atoms with Gasteiger partial charge in [-0.1, -0.05) is 152 Å². The van der Waals surface area contributed by atoms with Crippen molar-refractivity contribution in [2.75, 3.05) is 20.7 Å². The van der Waals surface area contributed by atoms with Crippen molar-refractivity contribution in [2.24, 2.45) is 0 Å². The van der Waals surface area contributed by atoms with Gasteiger partial charge in [0.1, 0.15) is 0 Å². The summed E-state index contributed by atoms with van der Waals surface area (Å²) in [7, 11) is 4.34. The van der Waals surface area contributed by atoms with E-state index in [1.54, 1.807) is 0 Å². The van der Waals surface area contributed by atoms with Crippen LogP contribution in [0, 0.1) is 0 Å². The molecule has 2 nitrogen and oxygen atoms in total. The Kier molecular flexibility index (Phi) is 31.9. The Morgan fingerprint density at radius 3 is 1.05 bits per heavy atom. The van der Waals surface area contributed by atoms with E-state index in [9.17, 15) is 5.11 Å². The zero-order valence-corrected chi connectivity index (χ0v) is 29.1. The molecule has 2 heteroatoms. The molecule has 1 unspecified atom stereocenters. The van der Waals surface area contributed by atoms with Crippen molar-refractivity contribution in [2.45, 2.75) is 186 Å². The summed E-state index contributed by atoms with van der Waals surface area (Å²) in [5.74, 6) is 0. The van der Waals surface area contributed by atoms with Gasteiger partial charge in [-0.15, -0.1) is 0 Å². The molecule has 0 saturated carbocycles. The fourth-order valence-corrected chi connectivity index (χ4v) is 5.76. The molecule has 0 bridgehead atoms. The highest BCUT2D eigenvalue weighted by Crippen LogP contribution is 2.27. The number of hydrogen-bond donors (Lipinski definition) is 1. The lowest BCUT2D eigenvalue weighted by Gasteiger charge is -2.39. The summed E-state index contributed by atoms with van der Waals surface area (Å²) in [5, 5.41) is 10.3. The highest BCUT2D eigenvalue weighted by Gasteiger charge is 2.30. The molecule has 42 heavy (non-hydrogen) atoms. The summed E-state index contributed by atoms with van der Waals surface area (Å²) in [6.07, 6.45) is 52.0. The van der Waals surface area contributed by atoms with Crippen LogP contribution in [0.2, 0.25) is 0 Å². The lowest BCUT2D eigenvalue weighted by atomic mass is 9.85. The Labute approximate surface area is 265 Å². The predicted molar refractivity (Wildman–Crippen MR) is 191 cm³/mol. The van der Waals surface area contributed by atoms with Gasteiger partial charge < -0.3 is 10.0 Å². The molecular formula is C40H75NO. The quantitative estimate of drug-likeness (QED) is 0.0627. The molecule has 1 atom stereocenters. The van der Waals surface area contributed by atoms with E-state index in [2.05, 4.69) is 81.5 Å². The molecule has 0 heterocycles. The molecule has 0 aromatic heterocycles. The number of aliphatic hydroxyl groups excluding tert-OH is 1. The maximum Gasteiger partial charge on any atom is 0.0615 e. The molecule has 0 aromatic carbocycles. The van der Waals surface area contributed by atoms with Gasteiger partial charge in [-0.05, 0) is 91.1 Å². The Balaban J connectivity index is 3.80. The van der Waals surface area contributed by atoms with Crippen molar-refractivity contribution in [3.8, 4) is 0 Å². The van der Waals surface area contributed by atoms with Gasteiger partial charge in [0, 0.05) is 5.54 Å². The lowest BCUT2D eigenvalue weighted by Crippen LogP contribution is -2.47. The molecule has 0 radical (unpaired) electrons. The molecule has 0 aromatic rings. The van der Waals surface area contributed by atoms with Crippen LogP contribution in [-0.4, -0.2) is 36.2 Å². The van der Waals surface area contributed by atoms with Gasteiger partial charge in [-0.25, -0.2) is 0 Å². The Morgan fingerprint density at radius 1 is 0.429 bits per heavy atom. The van der Waals surface area contributed by atoms with Gasteiger partial charge in [-0.2, -0.15) is 0 Å². The van der Waals surface area contributed by atoms with E-state index in [-0.39, 0.29) is 5.54 Å². The van der Waals surface area contributed by atoms with Gasteiger partial charge in [0.25, 0.3) is 0 Å². The molecule has 0 spiro atoms.